The standard InChI is InChI=1S/C20H23NO6S/c1-12(2)18(21-19(23)17-6-5-9-28-17)20(24)27-11-15(22)14-8-7-13(25-3)10-16(14)26-4/h5-10,12,18H,11H2,1-4H3,(H,21,23)/t18-/m1/s1. The number of rotatable bonds is 9. The summed E-state index contributed by atoms with van der Waals surface area (Å²) >= 11 is 1.28. The largest absolute Gasteiger partial charge is 0.497 e. The molecule has 0 aliphatic heterocycles. The van der Waals surface area contributed by atoms with Crippen molar-refractivity contribution in [1.29, 1.82) is 0 Å². The first-order valence-corrected chi connectivity index (χ1v) is 9.51. The predicted octanol–water partition coefficient (Wildman–Crippen LogP) is 2.95. The first-order valence-electron chi connectivity index (χ1n) is 8.63. The van der Waals surface area contributed by atoms with Crippen LogP contribution in [0.4, 0.5) is 0 Å². The number of carbonyl (C=O) groups is 3. The number of hydrogen-bond donors (Lipinski definition) is 1. The SMILES string of the molecule is COc1ccc(C(=O)COC(=O)[C@H](NC(=O)c2cccs2)C(C)C)c(OC)c1. The molecule has 1 amide bonds. The topological polar surface area (TPSA) is 90.9 Å². The highest BCUT2D eigenvalue weighted by Gasteiger charge is 2.27. The van der Waals surface area contributed by atoms with Crippen molar-refractivity contribution in [3.8, 4) is 11.5 Å². The molecule has 0 bridgehead atoms. The Labute approximate surface area is 167 Å². The Morgan fingerprint density at radius 1 is 1.11 bits per heavy atom. The van der Waals surface area contributed by atoms with Gasteiger partial charge in [-0.05, 0) is 29.5 Å². The van der Waals surface area contributed by atoms with Gasteiger partial charge in [0.25, 0.3) is 5.91 Å². The van der Waals surface area contributed by atoms with Crippen LogP contribution in [0.15, 0.2) is 35.7 Å². The zero-order chi connectivity index (χ0) is 20.7. The summed E-state index contributed by atoms with van der Waals surface area (Å²) in [6.45, 7) is 3.11. The minimum absolute atomic E-state index is 0.206. The zero-order valence-corrected chi connectivity index (χ0v) is 17.0. The van der Waals surface area contributed by atoms with E-state index in [1.165, 1.54) is 25.6 Å². The Kier molecular flexibility index (Phi) is 7.57. The second-order valence-electron chi connectivity index (χ2n) is 6.27. The summed E-state index contributed by atoms with van der Waals surface area (Å²) in [5.41, 5.74) is 0.278. The highest BCUT2D eigenvalue weighted by atomic mass is 32.1. The van der Waals surface area contributed by atoms with Crippen LogP contribution in [-0.2, 0) is 9.53 Å². The van der Waals surface area contributed by atoms with Gasteiger partial charge in [-0.1, -0.05) is 19.9 Å². The van der Waals surface area contributed by atoms with Crippen molar-refractivity contribution in [2.75, 3.05) is 20.8 Å². The smallest absolute Gasteiger partial charge is 0.329 e. The van der Waals surface area contributed by atoms with Gasteiger partial charge in [-0.25, -0.2) is 4.79 Å². The summed E-state index contributed by atoms with van der Waals surface area (Å²) in [5, 5.41) is 4.44. The Hall–Kier alpha value is -2.87. The maximum Gasteiger partial charge on any atom is 0.329 e. The summed E-state index contributed by atoms with van der Waals surface area (Å²) in [7, 11) is 2.95. The molecule has 1 heterocycles. The maximum absolute atomic E-state index is 12.4. The van der Waals surface area contributed by atoms with Gasteiger partial charge in [0.1, 0.15) is 17.5 Å². The lowest BCUT2D eigenvalue weighted by molar-refractivity contribution is -0.145. The molecule has 2 rings (SSSR count). The molecular weight excluding hydrogens is 382 g/mol. The van der Waals surface area contributed by atoms with Crippen LogP contribution in [0.25, 0.3) is 0 Å². The molecule has 8 heteroatoms. The molecule has 0 saturated heterocycles. The first-order chi connectivity index (χ1) is 13.4. The third kappa shape index (κ3) is 5.32. The van der Waals surface area contributed by atoms with E-state index in [-0.39, 0.29) is 17.4 Å². The quantitative estimate of drug-likeness (QED) is 0.510. The number of methoxy groups -OCH3 is 2. The fourth-order valence-corrected chi connectivity index (χ4v) is 3.08. The van der Waals surface area contributed by atoms with E-state index in [4.69, 9.17) is 14.2 Å². The van der Waals surface area contributed by atoms with E-state index in [1.54, 1.807) is 49.6 Å². The number of ether oxygens (including phenoxy) is 3. The third-order valence-electron chi connectivity index (χ3n) is 4.01. The molecule has 0 spiro atoms. The van der Waals surface area contributed by atoms with E-state index in [9.17, 15) is 14.4 Å². The van der Waals surface area contributed by atoms with E-state index < -0.39 is 24.4 Å². The number of nitrogens with one attached hydrogen (secondary N) is 1. The third-order valence-corrected chi connectivity index (χ3v) is 4.88. The fraction of sp³-hybridized carbons (Fsp3) is 0.350. The van der Waals surface area contributed by atoms with Gasteiger partial charge < -0.3 is 19.5 Å². The molecule has 0 aliphatic rings. The van der Waals surface area contributed by atoms with Crippen LogP contribution in [0.5, 0.6) is 11.5 Å². The minimum Gasteiger partial charge on any atom is -0.497 e. The number of esters is 1. The van der Waals surface area contributed by atoms with E-state index in [2.05, 4.69) is 5.32 Å². The van der Waals surface area contributed by atoms with Gasteiger partial charge in [-0.2, -0.15) is 0 Å². The average molecular weight is 405 g/mol. The zero-order valence-electron chi connectivity index (χ0n) is 16.2. The van der Waals surface area contributed by atoms with Crippen molar-refractivity contribution >= 4 is 29.0 Å². The van der Waals surface area contributed by atoms with Gasteiger partial charge in [0.2, 0.25) is 5.78 Å². The highest BCUT2D eigenvalue weighted by Crippen LogP contribution is 2.25. The molecule has 1 aromatic heterocycles. The molecule has 0 fully saturated rings. The molecule has 0 radical (unpaired) electrons. The second-order valence-corrected chi connectivity index (χ2v) is 7.22. The van der Waals surface area contributed by atoms with Gasteiger partial charge in [-0.3, -0.25) is 9.59 Å². The van der Waals surface area contributed by atoms with Crippen LogP contribution in [0.3, 0.4) is 0 Å². The summed E-state index contributed by atoms with van der Waals surface area (Å²) in [6, 6.07) is 7.31. The van der Waals surface area contributed by atoms with Gasteiger partial charge in [0, 0.05) is 6.07 Å². The summed E-state index contributed by atoms with van der Waals surface area (Å²) < 4.78 is 15.5. The summed E-state index contributed by atoms with van der Waals surface area (Å²) in [4.78, 5) is 37.6. The van der Waals surface area contributed by atoms with Crippen molar-refractivity contribution in [3.63, 3.8) is 0 Å². The minimum atomic E-state index is -0.861. The first kappa shape index (κ1) is 21.4. The lowest BCUT2D eigenvalue weighted by Crippen LogP contribution is -2.45. The normalized spacial score (nSPS) is 11.6. The van der Waals surface area contributed by atoms with Crippen LogP contribution in [0.2, 0.25) is 0 Å². The van der Waals surface area contributed by atoms with Gasteiger partial charge >= 0.3 is 5.97 Å². The van der Waals surface area contributed by atoms with E-state index in [1.807, 2.05) is 0 Å². The molecular formula is C20H23NO6S. The monoisotopic (exact) mass is 405 g/mol. The van der Waals surface area contributed by atoms with Gasteiger partial charge in [-0.15, -0.1) is 11.3 Å². The Balaban J connectivity index is 2.02. The number of carbonyl (C=O) groups excluding carboxylic acids is 3. The number of ketones is 1. The van der Waals surface area contributed by atoms with E-state index in [0.717, 1.165) is 0 Å². The molecule has 1 N–H and O–H groups in total. The van der Waals surface area contributed by atoms with Crippen molar-refractivity contribution < 1.29 is 28.6 Å². The van der Waals surface area contributed by atoms with E-state index in [0.29, 0.717) is 16.4 Å². The number of Topliss-reactive ketones (excluding diaryl/α,β-unsaturated/α-hetero) is 1. The molecule has 0 aliphatic carbocycles. The molecule has 0 saturated carbocycles. The second kappa shape index (κ2) is 9.89. The lowest BCUT2D eigenvalue weighted by atomic mass is 10.0. The van der Waals surface area contributed by atoms with Gasteiger partial charge in [0.05, 0.1) is 24.7 Å². The van der Waals surface area contributed by atoms with Crippen molar-refractivity contribution in [3.05, 3.63) is 46.2 Å². The maximum atomic E-state index is 12.4. The predicted molar refractivity (Wildman–Crippen MR) is 105 cm³/mol. The number of amides is 1. The van der Waals surface area contributed by atoms with Crippen molar-refractivity contribution in [2.45, 2.75) is 19.9 Å². The average Bonchev–Trinajstić information content (AvgIpc) is 3.23. The molecule has 1 atom stereocenters. The highest BCUT2D eigenvalue weighted by molar-refractivity contribution is 7.12. The Morgan fingerprint density at radius 3 is 2.43 bits per heavy atom. The number of thiophene rings is 1. The van der Waals surface area contributed by atoms with Crippen LogP contribution < -0.4 is 14.8 Å². The molecule has 7 nitrogen and oxygen atoms in total. The molecule has 28 heavy (non-hydrogen) atoms. The summed E-state index contributed by atoms with van der Waals surface area (Å²) in [6.07, 6.45) is 0. The molecule has 150 valence electrons. The lowest BCUT2D eigenvalue weighted by Gasteiger charge is -2.20. The van der Waals surface area contributed by atoms with Gasteiger partial charge in [0.15, 0.2) is 6.61 Å². The van der Waals surface area contributed by atoms with Crippen LogP contribution in [-0.4, -0.2) is 44.5 Å². The number of benzene rings is 1. The molecule has 0 unspecified atom stereocenters. The number of hydrogen-bond acceptors (Lipinski definition) is 7. The van der Waals surface area contributed by atoms with Crippen molar-refractivity contribution in [2.24, 2.45) is 5.92 Å². The summed E-state index contributed by atoms with van der Waals surface area (Å²) in [5.74, 6) is -0.773. The van der Waals surface area contributed by atoms with Crippen molar-refractivity contribution in [1.82, 2.24) is 5.32 Å². The molecule has 2 aromatic rings. The Bertz CT molecular complexity index is 831. The molecule has 1 aromatic carbocycles. The van der Waals surface area contributed by atoms with E-state index >= 15 is 0 Å². The fourth-order valence-electron chi connectivity index (χ4n) is 2.45. The van der Waals surface area contributed by atoms with Crippen LogP contribution in [0, 0.1) is 5.92 Å². The van der Waals surface area contributed by atoms with Crippen LogP contribution in [0.1, 0.15) is 33.9 Å². The van der Waals surface area contributed by atoms with Crippen LogP contribution >= 0.6 is 11.3 Å². The Morgan fingerprint density at radius 2 is 1.86 bits per heavy atom.